The van der Waals surface area contributed by atoms with Gasteiger partial charge in [0.15, 0.2) is 0 Å². The largest absolute Gasteiger partial charge is 0.497 e. The van der Waals surface area contributed by atoms with Crippen molar-refractivity contribution in [2.24, 2.45) is 0 Å². The topological polar surface area (TPSA) is 80.6 Å². The zero-order valence-corrected chi connectivity index (χ0v) is 40.7. The van der Waals surface area contributed by atoms with Crippen LogP contribution in [0.15, 0.2) is 206 Å². The second-order valence-corrected chi connectivity index (χ2v) is 15.3. The summed E-state index contributed by atoms with van der Waals surface area (Å²) in [6, 6.07) is 68.0. The van der Waals surface area contributed by atoms with E-state index in [2.05, 4.69) is 25.1 Å². The number of hydrogen-bond donors (Lipinski definition) is 0. The molecular formula is C64H54F3N3O. The van der Waals surface area contributed by atoms with E-state index < -0.39 is 0 Å². The Kier molecular flexibility index (Phi) is 20.3. The summed E-state index contributed by atoms with van der Waals surface area (Å²) in [5, 5.41) is 26.5. The minimum absolute atomic E-state index is 0.240. The summed E-state index contributed by atoms with van der Waals surface area (Å²) in [6.45, 7) is 10.1. The Morgan fingerprint density at radius 1 is 0.352 bits per heavy atom. The predicted molar refractivity (Wildman–Crippen MR) is 285 cm³/mol. The molecule has 0 radical (unpaired) electrons. The van der Waals surface area contributed by atoms with E-state index in [0.29, 0.717) is 33.4 Å². The number of nitriles is 3. The fourth-order valence-corrected chi connectivity index (χ4v) is 7.31. The van der Waals surface area contributed by atoms with Gasteiger partial charge in [-0.25, -0.2) is 13.2 Å². The fourth-order valence-electron chi connectivity index (χ4n) is 7.31. The van der Waals surface area contributed by atoms with Crippen molar-refractivity contribution in [2.45, 2.75) is 41.0 Å². The van der Waals surface area contributed by atoms with Crippen LogP contribution in [-0.2, 0) is 6.42 Å². The van der Waals surface area contributed by atoms with Crippen molar-refractivity contribution < 1.29 is 17.9 Å². The van der Waals surface area contributed by atoms with Crippen LogP contribution in [0.4, 0.5) is 13.2 Å². The van der Waals surface area contributed by atoms with E-state index in [1.54, 1.807) is 61.7 Å². The molecule has 0 aliphatic heterocycles. The van der Waals surface area contributed by atoms with Gasteiger partial charge in [-0.2, -0.15) is 15.8 Å². The molecule has 0 N–H and O–H groups in total. The van der Waals surface area contributed by atoms with Gasteiger partial charge in [-0.3, -0.25) is 0 Å². The second-order valence-electron chi connectivity index (χ2n) is 15.3. The van der Waals surface area contributed by atoms with Gasteiger partial charge in [-0.15, -0.1) is 0 Å². The lowest BCUT2D eigenvalue weighted by molar-refractivity contribution is 0.415. The summed E-state index contributed by atoms with van der Waals surface area (Å²) in [5.74, 6) is -0.0282. The summed E-state index contributed by atoms with van der Waals surface area (Å²) >= 11 is 0. The van der Waals surface area contributed by atoms with Gasteiger partial charge in [0.25, 0.3) is 0 Å². The van der Waals surface area contributed by atoms with E-state index in [-0.39, 0.29) is 17.5 Å². The molecule has 0 saturated heterocycles. The first-order valence-electron chi connectivity index (χ1n) is 23.4. The lowest BCUT2D eigenvalue weighted by Gasteiger charge is -2.08. The third kappa shape index (κ3) is 14.3. The molecule has 0 aromatic heterocycles. The SMILES string of the molecule is CC.CC.CCc1ccc(-c2ccc(-c3ccc(C#N)cc3)cc2F)cc1.COc1ccc(-c2ccc(-c3ccc(C#N)cc3)cc2F)cc1.N#Cc1ccc(-c2ccc(-c3ccccc3)c(F)c2)cc1. The van der Waals surface area contributed by atoms with Gasteiger partial charge in [0.1, 0.15) is 23.2 Å². The third-order valence-corrected chi connectivity index (χ3v) is 11.1. The molecule has 0 unspecified atom stereocenters. The van der Waals surface area contributed by atoms with Gasteiger partial charge in [-0.05, 0) is 129 Å². The first kappa shape index (κ1) is 53.0. The molecule has 352 valence electrons. The van der Waals surface area contributed by atoms with Crippen molar-refractivity contribution in [1.82, 2.24) is 0 Å². The van der Waals surface area contributed by atoms with Crippen molar-refractivity contribution in [3.05, 3.63) is 246 Å². The highest BCUT2D eigenvalue weighted by atomic mass is 19.1. The molecule has 0 aliphatic rings. The van der Waals surface area contributed by atoms with Crippen molar-refractivity contribution >= 4 is 0 Å². The molecule has 0 saturated carbocycles. The Bertz CT molecular complexity index is 3070. The van der Waals surface area contributed by atoms with E-state index in [4.69, 9.17) is 20.5 Å². The minimum atomic E-state index is -0.281. The van der Waals surface area contributed by atoms with Crippen molar-refractivity contribution in [2.75, 3.05) is 7.11 Å². The van der Waals surface area contributed by atoms with Crippen molar-refractivity contribution in [3.8, 4) is 90.7 Å². The predicted octanol–water partition coefficient (Wildman–Crippen LogP) is 17.7. The monoisotopic (exact) mass is 937 g/mol. The molecule has 9 rings (SSSR count). The Labute approximate surface area is 416 Å². The fraction of sp³-hybridized carbons (Fsp3) is 0.109. The number of methoxy groups -OCH3 is 1. The normalized spacial score (nSPS) is 9.77. The molecule has 9 aromatic rings. The van der Waals surface area contributed by atoms with Crippen molar-refractivity contribution in [3.63, 3.8) is 0 Å². The number of halogens is 3. The van der Waals surface area contributed by atoms with Crippen LogP contribution < -0.4 is 4.74 Å². The molecule has 7 heteroatoms. The molecule has 0 heterocycles. The van der Waals surface area contributed by atoms with Gasteiger partial charge in [0.05, 0.1) is 42.0 Å². The molecule has 0 amide bonds. The lowest BCUT2D eigenvalue weighted by atomic mass is 9.98. The average Bonchev–Trinajstić information content (AvgIpc) is 3.45. The first-order valence-corrected chi connectivity index (χ1v) is 23.4. The molecule has 0 fully saturated rings. The Morgan fingerprint density at radius 2 is 0.634 bits per heavy atom. The lowest BCUT2D eigenvalue weighted by Crippen LogP contribution is -1.88. The van der Waals surface area contributed by atoms with Crippen molar-refractivity contribution in [1.29, 1.82) is 15.8 Å². The molecule has 0 atom stereocenters. The zero-order valence-electron chi connectivity index (χ0n) is 40.7. The molecule has 0 bridgehead atoms. The number of rotatable bonds is 8. The van der Waals surface area contributed by atoms with Gasteiger partial charge in [0, 0.05) is 16.7 Å². The first-order chi connectivity index (χ1) is 34.7. The van der Waals surface area contributed by atoms with Crippen LogP contribution in [0, 0.1) is 51.4 Å². The summed E-state index contributed by atoms with van der Waals surface area (Å²) < 4.78 is 48.4. The van der Waals surface area contributed by atoms with Crippen LogP contribution in [0.5, 0.6) is 5.75 Å². The number of hydrogen-bond acceptors (Lipinski definition) is 4. The summed E-state index contributed by atoms with van der Waals surface area (Å²) in [4.78, 5) is 0. The van der Waals surface area contributed by atoms with Crippen LogP contribution in [0.3, 0.4) is 0 Å². The smallest absolute Gasteiger partial charge is 0.131 e. The average molecular weight is 938 g/mol. The molecule has 4 nitrogen and oxygen atoms in total. The maximum atomic E-state index is 14.5. The van der Waals surface area contributed by atoms with Crippen LogP contribution >= 0.6 is 0 Å². The Morgan fingerprint density at radius 3 is 0.915 bits per heavy atom. The molecule has 9 aromatic carbocycles. The summed E-state index contributed by atoms with van der Waals surface area (Å²) in [7, 11) is 1.60. The van der Waals surface area contributed by atoms with E-state index in [0.717, 1.165) is 62.2 Å². The van der Waals surface area contributed by atoms with Gasteiger partial charge in [0.2, 0.25) is 0 Å². The highest BCUT2D eigenvalue weighted by Gasteiger charge is 2.11. The van der Waals surface area contributed by atoms with E-state index in [1.807, 2.05) is 167 Å². The molecular weight excluding hydrogens is 884 g/mol. The Balaban J connectivity index is 0.000000191. The highest BCUT2D eigenvalue weighted by molar-refractivity contribution is 5.74. The summed E-state index contributed by atoms with van der Waals surface area (Å²) in [6.07, 6.45) is 0.973. The maximum Gasteiger partial charge on any atom is 0.131 e. The van der Waals surface area contributed by atoms with Crippen LogP contribution in [0.2, 0.25) is 0 Å². The van der Waals surface area contributed by atoms with E-state index in [1.165, 1.54) is 17.7 Å². The molecule has 71 heavy (non-hydrogen) atoms. The van der Waals surface area contributed by atoms with Crippen LogP contribution in [0.25, 0.3) is 66.8 Å². The number of nitrogens with zero attached hydrogens (tertiary/aromatic N) is 3. The van der Waals surface area contributed by atoms with E-state index in [9.17, 15) is 13.2 Å². The molecule has 0 aliphatic carbocycles. The maximum absolute atomic E-state index is 14.5. The highest BCUT2D eigenvalue weighted by Crippen LogP contribution is 2.32. The van der Waals surface area contributed by atoms with Crippen LogP contribution in [-0.4, -0.2) is 7.11 Å². The zero-order chi connectivity index (χ0) is 51.1. The van der Waals surface area contributed by atoms with Gasteiger partial charge in [-0.1, -0.05) is 174 Å². The summed E-state index contributed by atoms with van der Waals surface area (Å²) in [5.41, 5.74) is 12.4. The number of aryl methyl sites for hydroxylation is 1. The quantitative estimate of drug-likeness (QED) is 0.152. The van der Waals surface area contributed by atoms with E-state index >= 15 is 0 Å². The van der Waals surface area contributed by atoms with Gasteiger partial charge < -0.3 is 4.74 Å². The van der Waals surface area contributed by atoms with Crippen LogP contribution in [0.1, 0.15) is 56.9 Å². The Hall–Kier alpha value is -8.96. The molecule has 0 spiro atoms. The number of ether oxygens (including phenoxy) is 1. The second kappa shape index (κ2) is 27.1. The van der Waals surface area contributed by atoms with Gasteiger partial charge >= 0.3 is 0 Å². The minimum Gasteiger partial charge on any atom is -0.497 e. The third-order valence-electron chi connectivity index (χ3n) is 11.1. The number of benzene rings is 9. The standard InChI is InChI=1S/C21H16FN.C20H14FNO.C19H12FN.2C2H6/c1-2-15-3-9-18(10-4-15)20-12-11-19(13-21(20)22)17-7-5-16(14-23)6-8-17;1-23-18-9-6-16(7-10-18)19-11-8-17(12-20(19)21)15-4-2-14(13-22)3-5-15;20-19-12-17(15-8-6-14(13-21)7-9-15)10-11-18(19)16-4-2-1-3-5-16;2*1-2/h3-13H,2H2,1H3;2-12H,1H3;1-12H;2*1-2H3.